The maximum absolute atomic E-state index is 12.6. The molecule has 3 nitrogen and oxygen atoms in total. The lowest BCUT2D eigenvalue weighted by atomic mass is 9.85. The molecule has 3 atom stereocenters. The first-order chi connectivity index (χ1) is 9.74. The van der Waals surface area contributed by atoms with E-state index < -0.39 is 0 Å². The summed E-state index contributed by atoms with van der Waals surface area (Å²) < 4.78 is 0. The molecule has 1 aromatic carbocycles. The number of anilines is 1. The normalized spacial score (nSPS) is 29.1. The predicted octanol–water partition coefficient (Wildman–Crippen LogP) is 3.28. The molecule has 0 spiro atoms. The summed E-state index contributed by atoms with van der Waals surface area (Å²) in [5, 5.41) is 6.67. The topological polar surface area (TPSA) is 41.1 Å². The minimum Gasteiger partial charge on any atom is -0.385 e. The average Bonchev–Trinajstić information content (AvgIpc) is 2.46. The Labute approximate surface area is 121 Å². The molecular weight excluding hydrogens is 248 g/mol. The van der Waals surface area contributed by atoms with Crippen LogP contribution in [0.15, 0.2) is 24.3 Å². The summed E-state index contributed by atoms with van der Waals surface area (Å²) in [6.45, 7) is 3.17. The van der Waals surface area contributed by atoms with Crippen LogP contribution in [0.3, 0.4) is 0 Å². The van der Waals surface area contributed by atoms with Gasteiger partial charge in [-0.25, -0.2) is 0 Å². The van der Waals surface area contributed by atoms with Crippen molar-refractivity contribution in [2.75, 3.05) is 11.9 Å². The minimum atomic E-state index is 0.0182. The zero-order valence-corrected chi connectivity index (χ0v) is 12.2. The van der Waals surface area contributed by atoms with Crippen molar-refractivity contribution in [2.24, 2.45) is 5.92 Å². The average molecular weight is 272 g/mol. The van der Waals surface area contributed by atoms with Crippen molar-refractivity contribution in [2.45, 2.75) is 51.0 Å². The maximum atomic E-state index is 12.6. The molecule has 1 aromatic rings. The highest BCUT2D eigenvalue weighted by atomic mass is 16.1. The van der Waals surface area contributed by atoms with E-state index in [-0.39, 0.29) is 11.8 Å². The molecule has 1 fully saturated rings. The molecule has 108 valence electrons. The van der Waals surface area contributed by atoms with E-state index in [9.17, 15) is 4.79 Å². The molecule has 1 saturated carbocycles. The van der Waals surface area contributed by atoms with Gasteiger partial charge in [-0.2, -0.15) is 0 Å². The fourth-order valence-electron chi connectivity index (χ4n) is 3.61. The van der Waals surface area contributed by atoms with Crippen molar-refractivity contribution in [1.82, 2.24) is 5.32 Å². The Bertz CT molecular complexity index is 486. The molecular formula is C17H24N2O. The molecule has 1 aliphatic heterocycles. The first-order valence-corrected chi connectivity index (χ1v) is 7.87. The molecule has 3 unspecified atom stereocenters. The summed E-state index contributed by atoms with van der Waals surface area (Å²) in [5.41, 5.74) is 2.27. The number of para-hydroxylation sites is 1. The summed E-state index contributed by atoms with van der Waals surface area (Å²) >= 11 is 0. The van der Waals surface area contributed by atoms with E-state index in [0.29, 0.717) is 6.04 Å². The Hall–Kier alpha value is -1.51. The van der Waals surface area contributed by atoms with Crippen LogP contribution in [0.2, 0.25) is 0 Å². The van der Waals surface area contributed by atoms with E-state index in [1.807, 2.05) is 12.1 Å². The highest BCUT2D eigenvalue weighted by molar-refractivity contribution is 5.86. The van der Waals surface area contributed by atoms with Gasteiger partial charge in [0.25, 0.3) is 0 Å². The Kier molecular flexibility index (Phi) is 3.95. The number of carbonyl (C=O) groups is 1. The van der Waals surface area contributed by atoms with Gasteiger partial charge in [-0.3, -0.25) is 4.79 Å². The third kappa shape index (κ3) is 2.82. The van der Waals surface area contributed by atoms with Gasteiger partial charge in [-0.1, -0.05) is 38.0 Å². The Morgan fingerprint density at radius 1 is 1.25 bits per heavy atom. The summed E-state index contributed by atoms with van der Waals surface area (Å²) in [4.78, 5) is 12.6. The van der Waals surface area contributed by atoms with Gasteiger partial charge < -0.3 is 10.6 Å². The van der Waals surface area contributed by atoms with Crippen molar-refractivity contribution in [3.05, 3.63) is 29.8 Å². The third-order valence-electron chi connectivity index (χ3n) is 4.68. The monoisotopic (exact) mass is 272 g/mol. The minimum absolute atomic E-state index is 0.0182. The Morgan fingerprint density at radius 2 is 2.10 bits per heavy atom. The van der Waals surface area contributed by atoms with Gasteiger partial charge in [-0.15, -0.1) is 0 Å². The lowest BCUT2D eigenvalue weighted by Crippen LogP contribution is -2.41. The van der Waals surface area contributed by atoms with E-state index in [4.69, 9.17) is 0 Å². The molecule has 0 radical (unpaired) electrons. The number of nitrogens with one attached hydrogen (secondary N) is 2. The van der Waals surface area contributed by atoms with Crippen LogP contribution in [0.1, 0.15) is 50.5 Å². The number of rotatable bonds is 2. The van der Waals surface area contributed by atoms with Gasteiger partial charge in [0.15, 0.2) is 0 Å². The van der Waals surface area contributed by atoms with Crippen molar-refractivity contribution in [1.29, 1.82) is 0 Å². The van der Waals surface area contributed by atoms with Crippen LogP contribution in [0, 0.1) is 5.92 Å². The number of hydrogen-bond donors (Lipinski definition) is 2. The van der Waals surface area contributed by atoms with Gasteiger partial charge in [0.2, 0.25) is 5.91 Å². The highest BCUT2D eigenvalue weighted by Crippen LogP contribution is 2.32. The SMILES string of the molecule is CC1CCCC(NC(=O)C2CCNc3ccccc32)C1. The lowest BCUT2D eigenvalue weighted by Gasteiger charge is -2.31. The fraction of sp³-hybridized carbons (Fsp3) is 0.588. The van der Waals surface area contributed by atoms with E-state index in [2.05, 4.69) is 29.7 Å². The largest absolute Gasteiger partial charge is 0.385 e. The van der Waals surface area contributed by atoms with E-state index in [0.717, 1.165) is 43.0 Å². The summed E-state index contributed by atoms with van der Waals surface area (Å²) in [6.07, 6.45) is 5.73. The molecule has 1 aliphatic carbocycles. The van der Waals surface area contributed by atoms with Gasteiger partial charge in [-0.05, 0) is 36.8 Å². The van der Waals surface area contributed by atoms with Gasteiger partial charge in [0.1, 0.15) is 0 Å². The van der Waals surface area contributed by atoms with Gasteiger partial charge in [0, 0.05) is 18.3 Å². The third-order valence-corrected chi connectivity index (χ3v) is 4.68. The first kappa shape index (κ1) is 13.5. The standard InChI is InChI=1S/C17H24N2O/c1-12-5-4-6-13(11-12)19-17(20)15-9-10-18-16-8-3-2-7-14(15)16/h2-3,7-8,12-13,15,18H,4-6,9-11H2,1H3,(H,19,20). The zero-order valence-electron chi connectivity index (χ0n) is 12.2. The second-order valence-corrected chi connectivity index (χ2v) is 6.33. The van der Waals surface area contributed by atoms with Crippen LogP contribution < -0.4 is 10.6 Å². The smallest absolute Gasteiger partial charge is 0.227 e. The van der Waals surface area contributed by atoms with Crippen LogP contribution in [0.4, 0.5) is 5.69 Å². The quantitative estimate of drug-likeness (QED) is 0.867. The number of fused-ring (bicyclic) bond motifs is 1. The van der Waals surface area contributed by atoms with Crippen LogP contribution in [-0.4, -0.2) is 18.5 Å². The molecule has 0 bridgehead atoms. The van der Waals surface area contributed by atoms with E-state index in [1.54, 1.807) is 0 Å². The van der Waals surface area contributed by atoms with Crippen molar-refractivity contribution in [3.8, 4) is 0 Å². The molecule has 1 amide bonds. The molecule has 0 aromatic heterocycles. The van der Waals surface area contributed by atoms with Crippen molar-refractivity contribution < 1.29 is 4.79 Å². The molecule has 2 aliphatic rings. The van der Waals surface area contributed by atoms with Crippen LogP contribution in [0.25, 0.3) is 0 Å². The number of benzene rings is 1. The molecule has 1 heterocycles. The number of hydrogen-bond acceptors (Lipinski definition) is 2. The molecule has 0 saturated heterocycles. The first-order valence-electron chi connectivity index (χ1n) is 7.87. The molecule has 20 heavy (non-hydrogen) atoms. The van der Waals surface area contributed by atoms with Crippen molar-refractivity contribution in [3.63, 3.8) is 0 Å². The van der Waals surface area contributed by atoms with E-state index >= 15 is 0 Å². The molecule has 2 N–H and O–H groups in total. The number of carbonyl (C=O) groups excluding carboxylic acids is 1. The van der Waals surface area contributed by atoms with E-state index in [1.165, 1.54) is 12.8 Å². The molecule has 3 rings (SSSR count). The van der Waals surface area contributed by atoms with Crippen LogP contribution in [0.5, 0.6) is 0 Å². The summed E-state index contributed by atoms with van der Waals surface area (Å²) in [6, 6.07) is 8.57. The van der Waals surface area contributed by atoms with Crippen LogP contribution in [-0.2, 0) is 4.79 Å². The fourth-order valence-corrected chi connectivity index (χ4v) is 3.61. The Morgan fingerprint density at radius 3 is 2.95 bits per heavy atom. The summed E-state index contributed by atoms with van der Waals surface area (Å²) in [7, 11) is 0. The zero-order chi connectivity index (χ0) is 13.9. The number of amides is 1. The summed E-state index contributed by atoms with van der Waals surface area (Å²) in [5.74, 6) is 0.983. The molecule has 3 heteroatoms. The predicted molar refractivity (Wildman–Crippen MR) is 81.9 cm³/mol. The van der Waals surface area contributed by atoms with Crippen LogP contribution >= 0.6 is 0 Å². The maximum Gasteiger partial charge on any atom is 0.227 e. The second-order valence-electron chi connectivity index (χ2n) is 6.33. The van der Waals surface area contributed by atoms with Gasteiger partial charge >= 0.3 is 0 Å². The highest BCUT2D eigenvalue weighted by Gasteiger charge is 2.28. The Balaban J connectivity index is 1.69. The van der Waals surface area contributed by atoms with Crippen molar-refractivity contribution >= 4 is 11.6 Å². The second kappa shape index (κ2) is 5.86. The van der Waals surface area contributed by atoms with Gasteiger partial charge in [0.05, 0.1) is 5.92 Å². The lowest BCUT2D eigenvalue weighted by molar-refractivity contribution is -0.123.